The first-order valence-electron chi connectivity index (χ1n) is 8.78. The van der Waals surface area contributed by atoms with E-state index >= 15 is 0 Å². The van der Waals surface area contributed by atoms with Crippen molar-refractivity contribution in [2.24, 2.45) is 5.92 Å². The number of likely N-dealkylation sites (tertiary alicyclic amines) is 1. The third kappa shape index (κ3) is 3.90. The van der Waals surface area contributed by atoms with E-state index in [9.17, 15) is 9.90 Å². The lowest BCUT2D eigenvalue weighted by Gasteiger charge is -2.37. The van der Waals surface area contributed by atoms with Gasteiger partial charge in [0.1, 0.15) is 5.60 Å². The van der Waals surface area contributed by atoms with E-state index in [-0.39, 0.29) is 11.7 Å². The maximum Gasteiger partial charge on any atom is 0.292 e. The zero-order valence-corrected chi connectivity index (χ0v) is 15.0. The van der Waals surface area contributed by atoms with Crippen molar-refractivity contribution in [1.29, 1.82) is 0 Å². The van der Waals surface area contributed by atoms with Crippen LogP contribution < -0.4 is 0 Å². The summed E-state index contributed by atoms with van der Waals surface area (Å²) in [4.78, 5) is 18.6. The molecule has 1 aliphatic rings. The fourth-order valence-electron chi connectivity index (χ4n) is 3.16. The number of aryl methyl sites for hydroxylation is 1. The van der Waals surface area contributed by atoms with E-state index in [1.165, 1.54) is 0 Å². The Bertz CT molecular complexity index is 729. The van der Waals surface area contributed by atoms with E-state index in [4.69, 9.17) is 4.52 Å². The van der Waals surface area contributed by atoms with E-state index in [0.717, 1.165) is 17.7 Å². The summed E-state index contributed by atoms with van der Waals surface area (Å²) in [5.41, 5.74) is 1.55. The van der Waals surface area contributed by atoms with E-state index < -0.39 is 5.60 Å². The van der Waals surface area contributed by atoms with Gasteiger partial charge in [0, 0.05) is 25.4 Å². The molecule has 1 fully saturated rings. The summed E-state index contributed by atoms with van der Waals surface area (Å²) in [6.07, 6.45) is 3.47. The minimum atomic E-state index is -0.977. The average molecular weight is 343 g/mol. The van der Waals surface area contributed by atoms with E-state index in [1.807, 2.05) is 19.1 Å². The minimum absolute atomic E-state index is 0.165. The first-order chi connectivity index (χ1) is 11.9. The Morgan fingerprint density at radius 3 is 2.68 bits per heavy atom. The van der Waals surface area contributed by atoms with Crippen molar-refractivity contribution in [3.05, 3.63) is 47.1 Å². The van der Waals surface area contributed by atoms with Crippen LogP contribution in [0.3, 0.4) is 0 Å². The van der Waals surface area contributed by atoms with Gasteiger partial charge in [0.05, 0.1) is 11.4 Å². The number of amides is 1. The van der Waals surface area contributed by atoms with Gasteiger partial charge in [-0.2, -0.15) is 0 Å². The van der Waals surface area contributed by atoms with Gasteiger partial charge in [0.2, 0.25) is 5.76 Å². The standard InChI is InChI=1S/C19H25N3O3/c1-13(2)10-15-11-16(25-21-15)18(23)22-8-6-19(24,7-9-22)17-5-4-14(3)12-20-17/h4-5,11-13,24H,6-10H2,1-3H3. The lowest BCUT2D eigenvalue weighted by Crippen LogP contribution is -2.45. The number of nitrogens with zero attached hydrogens (tertiary/aromatic N) is 3. The molecule has 0 aliphatic carbocycles. The van der Waals surface area contributed by atoms with Gasteiger partial charge in [0.25, 0.3) is 5.91 Å². The molecule has 3 heterocycles. The Balaban J connectivity index is 1.64. The number of hydrogen-bond acceptors (Lipinski definition) is 5. The third-order valence-electron chi connectivity index (χ3n) is 4.65. The Kier molecular flexibility index (Phi) is 4.90. The first kappa shape index (κ1) is 17.6. The molecule has 134 valence electrons. The molecule has 1 aliphatic heterocycles. The molecule has 0 saturated carbocycles. The van der Waals surface area contributed by atoms with Crippen molar-refractivity contribution in [2.45, 2.75) is 45.6 Å². The molecule has 6 nitrogen and oxygen atoms in total. The first-order valence-corrected chi connectivity index (χ1v) is 8.78. The van der Waals surface area contributed by atoms with Crippen molar-refractivity contribution < 1.29 is 14.4 Å². The average Bonchev–Trinajstić information content (AvgIpc) is 3.03. The van der Waals surface area contributed by atoms with Gasteiger partial charge in [-0.15, -0.1) is 0 Å². The van der Waals surface area contributed by atoms with Gasteiger partial charge in [-0.1, -0.05) is 25.1 Å². The summed E-state index contributed by atoms with van der Waals surface area (Å²) in [6, 6.07) is 5.54. The predicted molar refractivity (Wildman–Crippen MR) is 93.1 cm³/mol. The van der Waals surface area contributed by atoms with Crippen LogP contribution in [-0.4, -0.2) is 39.1 Å². The van der Waals surface area contributed by atoms with Crippen molar-refractivity contribution in [2.75, 3.05) is 13.1 Å². The summed E-state index contributed by atoms with van der Waals surface area (Å²) in [5, 5.41) is 14.8. The molecule has 25 heavy (non-hydrogen) atoms. The molecule has 3 rings (SSSR count). The summed E-state index contributed by atoms with van der Waals surface area (Å²) < 4.78 is 5.21. The smallest absolute Gasteiger partial charge is 0.292 e. The highest BCUT2D eigenvalue weighted by Crippen LogP contribution is 2.32. The summed E-state index contributed by atoms with van der Waals surface area (Å²) >= 11 is 0. The van der Waals surface area contributed by atoms with Gasteiger partial charge in [0.15, 0.2) is 0 Å². The number of rotatable bonds is 4. The molecule has 6 heteroatoms. The SMILES string of the molecule is Cc1ccc(C2(O)CCN(C(=O)c3cc(CC(C)C)no3)CC2)nc1. The Hall–Kier alpha value is -2.21. The maximum atomic E-state index is 12.6. The quantitative estimate of drug-likeness (QED) is 0.923. The molecule has 1 amide bonds. The number of aliphatic hydroxyl groups is 1. The van der Waals surface area contributed by atoms with Crippen LogP contribution in [0.4, 0.5) is 0 Å². The summed E-state index contributed by atoms with van der Waals surface area (Å²) in [7, 11) is 0. The second-order valence-electron chi connectivity index (χ2n) is 7.33. The van der Waals surface area contributed by atoms with Crippen molar-refractivity contribution in [3.8, 4) is 0 Å². The zero-order valence-electron chi connectivity index (χ0n) is 15.0. The van der Waals surface area contributed by atoms with Crippen LogP contribution in [0.2, 0.25) is 0 Å². The number of piperidine rings is 1. The largest absolute Gasteiger partial charge is 0.383 e. The molecule has 1 saturated heterocycles. The van der Waals surface area contributed by atoms with Gasteiger partial charge in [-0.05, 0) is 43.7 Å². The second kappa shape index (κ2) is 6.96. The van der Waals surface area contributed by atoms with Crippen molar-refractivity contribution in [3.63, 3.8) is 0 Å². The monoisotopic (exact) mass is 343 g/mol. The summed E-state index contributed by atoms with van der Waals surface area (Å²) in [6.45, 7) is 7.09. The van der Waals surface area contributed by atoms with Crippen LogP contribution in [0.15, 0.2) is 28.9 Å². The number of pyridine rings is 1. The Labute approximate surface area is 147 Å². The molecule has 1 N–H and O–H groups in total. The van der Waals surface area contributed by atoms with Crippen LogP contribution in [0.1, 0.15) is 54.2 Å². The highest BCUT2D eigenvalue weighted by molar-refractivity contribution is 5.91. The number of carbonyl (C=O) groups excluding carboxylic acids is 1. The third-order valence-corrected chi connectivity index (χ3v) is 4.65. The summed E-state index contributed by atoms with van der Waals surface area (Å²) in [5.74, 6) is 0.566. The van der Waals surface area contributed by atoms with E-state index in [2.05, 4.69) is 24.0 Å². The molecule has 0 spiro atoms. The second-order valence-corrected chi connectivity index (χ2v) is 7.33. The molecule has 2 aromatic rings. The zero-order chi connectivity index (χ0) is 18.0. The van der Waals surface area contributed by atoms with Gasteiger partial charge in [-0.3, -0.25) is 9.78 Å². The number of hydrogen-bond donors (Lipinski definition) is 1. The fourth-order valence-corrected chi connectivity index (χ4v) is 3.16. The molecule has 0 radical (unpaired) electrons. The van der Waals surface area contributed by atoms with Crippen LogP contribution in [0.25, 0.3) is 0 Å². The van der Waals surface area contributed by atoms with Crippen LogP contribution >= 0.6 is 0 Å². The van der Waals surface area contributed by atoms with Crippen molar-refractivity contribution in [1.82, 2.24) is 15.0 Å². The minimum Gasteiger partial charge on any atom is -0.383 e. The van der Waals surface area contributed by atoms with Crippen LogP contribution in [0, 0.1) is 12.8 Å². The Morgan fingerprint density at radius 2 is 2.08 bits per heavy atom. The normalized spacial score (nSPS) is 17.1. The fraction of sp³-hybridized carbons (Fsp3) is 0.526. The topological polar surface area (TPSA) is 79.5 Å². The molecule has 0 bridgehead atoms. The highest BCUT2D eigenvalue weighted by atomic mass is 16.5. The van der Waals surface area contributed by atoms with E-state index in [0.29, 0.717) is 37.5 Å². The Morgan fingerprint density at radius 1 is 1.36 bits per heavy atom. The number of aromatic nitrogens is 2. The van der Waals surface area contributed by atoms with Crippen LogP contribution in [0.5, 0.6) is 0 Å². The number of carbonyl (C=O) groups is 1. The maximum absolute atomic E-state index is 12.6. The van der Waals surface area contributed by atoms with Crippen LogP contribution in [-0.2, 0) is 12.0 Å². The lowest BCUT2D eigenvalue weighted by molar-refractivity contribution is -0.0251. The van der Waals surface area contributed by atoms with Gasteiger partial charge >= 0.3 is 0 Å². The molecular formula is C19H25N3O3. The molecule has 0 atom stereocenters. The molecule has 0 unspecified atom stereocenters. The van der Waals surface area contributed by atoms with E-state index in [1.54, 1.807) is 17.2 Å². The molecule has 2 aromatic heterocycles. The van der Waals surface area contributed by atoms with Gasteiger partial charge in [-0.25, -0.2) is 0 Å². The predicted octanol–water partition coefficient (Wildman–Crippen LogP) is 2.70. The van der Waals surface area contributed by atoms with Gasteiger partial charge < -0.3 is 14.5 Å². The molecule has 0 aromatic carbocycles. The van der Waals surface area contributed by atoms with Crippen molar-refractivity contribution >= 4 is 5.91 Å². The highest BCUT2D eigenvalue weighted by Gasteiger charge is 2.37. The molecular weight excluding hydrogens is 318 g/mol. The lowest BCUT2D eigenvalue weighted by atomic mass is 9.87.